The number of hydrogen-bond donors (Lipinski definition) is 1. The number of rotatable bonds is 4. The fourth-order valence-corrected chi connectivity index (χ4v) is 3.88. The van der Waals surface area contributed by atoms with Crippen molar-refractivity contribution in [1.82, 2.24) is 14.5 Å². The zero-order valence-electron chi connectivity index (χ0n) is 16.9. The van der Waals surface area contributed by atoms with Crippen molar-refractivity contribution in [2.24, 2.45) is 13.0 Å². The summed E-state index contributed by atoms with van der Waals surface area (Å²) in [6, 6.07) is 13.6. The molecule has 1 amide bonds. The van der Waals surface area contributed by atoms with Crippen LogP contribution in [0.2, 0.25) is 0 Å². The van der Waals surface area contributed by atoms with Crippen LogP contribution in [-0.2, 0) is 13.6 Å². The number of fused-ring (bicyclic) bond motifs is 1. The van der Waals surface area contributed by atoms with Gasteiger partial charge in [-0.2, -0.15) is 0 Å². The molecule has 3 aromatic rings. The van der Waals surface area contributed by atoms with Crippen molar-refractivity contribution < 1.29 is 4.79 Å². The summed E-state index contributed by atoms with van der Waals surface area (Å²) in [5.74, 6) is 1.81. The molecule has 28 heavy (non-hydrogen) atoms. The fourth-order valence-electron chi connectivity index (χ4n) is 3.88. The molecule has 1 aliphatic rings. The highest BCUT2D eigenvalue weighted by Gasteiger charge is 2.18. The van der Waals surface area contributed by atoms with Crippen LogP contribution in [0.3, 0.4) is 0 Å². The van der Waals surface area contributed by atoms with E-state index in [9.17, 15) is 4.79 Å². The quantitative estimate of drug-likeness (QED) is 0.736. The van der Waals surface area contributed by atoms with Gasteiger partial charge in [0, 0.05) is 18.3 Å². The van der Waals surface area contributed by atoms with Crippen LogP contribution in [0.4, 0.5) is 5.69 Å². The number of anilines is 1. The van der Waals surface area contributed by atoms with E-state index in [1.165, 1.54) is 12.8 Å². The molecule has 2 aromatic carbocycles. The lowest BCUT2D eigenvalue weighted by Gasteiger charge is -2.29. The first kappa shape index (κ1) is 18.7. The van der Waals surface area contributed by atoms with Crippen molar-refractivity contribution >= 4 is 22.6 Å². The molecule has 1 N–H and O–H groups in total. The number of hydrogen-bond acceptors (Lipinski definition) is 3. The second-order valence-corrected chi connectivity index (χ2v) is 8.07. The number of likely N-dealkylation sites (tertiary alicyclic amines) is 1. The number of nitrogens with one attached hydrogen (secondary N) is 1. The Morgan fingerprint density at radius 1 is 1.18 bits per heavy atom. The average Bonchev–Trinajstić information content (AvgIpc) is 2.98. The predicted octanol–water partition coefficient (Wildman–Crippen LogP) is 4.37. The summed E-state index contributed by atoms with van der Waals surface area (Å²) in [7, 11) is 2.07. The van der Waals surface area contributed by atoms with Crippen molar-refractivity contribution in [2.45, 2.75) is 33.2 Å². The standard InChI is InChI=1S/C23H28N4O/c1-16-9-11-27(12-10-16)15-22-25-20-14-19(7-8-21(20)26(22)3)24-23(28)18-6-4-5-17(2)13-18/h4-8,13-14,16H,9-12,15H2,1-3H3,(H,24,28). The van der Waals surface area contributed by atoms with Crippen molar-refractivity contribution in [3.8, 4) is 0 Å². The monoisotopic (exact) mass is 376 g/mol. The van der Waals surface area contributed by atoms with Gasteiger partial charge in [0.15, 0.2) is 0 Å². The van der Waals surface area contributed by atoms with Gasteiger partial charge in [-0.1, -0.05) is 24.6 Å². The molecule has 0 radical (unpaired) electrons. The third kappa shape index (κ3) is 3.94. The minimum absolute atomic E-state index is 0.0957. The third-order valence-corrected chi connectivity index (χ3v) is 5.75. The number of piperidine rings is 1. The lowest BCUT2D eigenvalue weighted by Crippen LogP contribution is -2.33. The van der Waals surface area contributed by atoms with Gasteiger partial charge < -0.3 is 9.88 Å². The lowest BCUT2D eigenvalue weighted by atomic mass is 9.99. The molecule has 0 aliphatic carbocycles. The second-order valence-electron chi connectivity index (χ2n) is 8.07. The summed E-state index contributed by atoms with van der Waals surface area (Å²) in [6.07, 6.45) is 2.53. The highest BCUT2D eigenvalue weighted by molar-refractivity contribution is 6.05. The van der Waals surface area contributed by atoms with E-state index >= 15 is 0 Å². The lowest BCUT2D eigenvalue weighted by molar-refractivity contribution is 0.102. The Morgan fingerprint density at radius 3 is 2.71 bits per heavy atom. The minimum Gasteiger partial charge on any atom is -0.330 e. The molecule has 5 heteroatoms. The molecule has 1 fully saturated rings. The van der Waals surface area contributed by atoms with Gasteiger partial charge >= 0.3 is 0 Å². The number of benzene rings is 2. The first-order valence-corrected chi connectivity index (χ1v) is 10.1. The number of aromatic nitrogens is 2. The van der Waals surface area contributed by atoms with E-state index in [-0.39, 0.29) is 5.91 Å². The van der Waals surface area contributed by atoms with Crippen molar-refractivity contribution in [2.75, 3.05) is 18.4 Å². The number of carbonyl (C=O) groups excluding carboxylic acids is 1. The Labute approximate surface area is 166 Å². The van der Waals surface area contributed by atoms with Crippen LogP contribution in [0.1, 0.15) is 41.5 Å². The molecule has 146 valence electrons. The SMILES string of the molecule is Cc1cccc(C(=O)Nc2ccc3c(c2)nc(CN2CCC(C)CC2)n3C)c1. The minimum atomic E-state index is -0.0957. The molecule has 4 rings (SSSR count). The topological polar surface area (TPSA) is 50.2 Å². The summed E-state index contributed by atoms with van der Waals surface area (Å²) in [5, 5.41) is 2.99. The third-order valence-electron chi connectivity index (χ3n) is 5.75. The summed E-state index contributed by atoms with van der Waals surface area (Å²) < 4.78 is 2.17. The number of aryl methyl sites for hydroxylation is 2. The van der Waals surface area contributed by atoms with Gasteiger partial charge in [0.1, 0.15) is 5.82 Å². The zero-order chi connectivity index (χ0) is 19.7. The Hall–Kier alpha value is -2.66. The maximum absolute atomic E-state index is 12.5. The molecule has 0 unspecified atom stereocenters. The van der Waals surface area contributed by atoms with Crippen molar-refractivity contribution in [3.05, 3.63) is 59.4 Å². The smallest absolute Gasteiger partial charge is 0.255 e. The fraction of sp³-hybridized carbons (Fsp3) is 0.391. The van der Waals surface area contributed by atoms with Gasteiger partial charge in [0.25, 0.3) is 5.91 Å². The van der Waals surface area contributed by atoms with E-state index in [0.717, 1.165) is 53.7 Å². The van der Waals surface area contributed by atoms with Gasteiger partial charge in [-0.25, -0.2) is 4.98 Å². The molecule has 1 aromatic heterocycles. The molecule has 0 atom stereocenters. The predicted molar refractivity (Wildman–Crippen MR) is 114 cm³/mol. The van der Waals surface area contributed by atoms with E-state index in [1.807, 2.05) is 49.4 Å². The summed E-state index contributed by atoms with van der Waals surface area (Å²) >= 11 is 0. The number of amides is 1. The first-order valence-electron chi connectivity index (χ1n) is 10.1. The Bertz CT molecular complexity index is 999. The molecule has 2 heterocycles. The van der Waals surface area contributed by atoms with Gasteiger partial charge in [-0.15, -0.1) is 0 Å². The maximum Gasteiger partial charge on any atom is 0.255 e. The van der Waals surface area contributed by atoms with Crippen LogP contribution >= 0.6 is 0 Å². The van der Waals surface area contributed by atoms with E-state index in [1.54, 1.807) is 0 Å². The highest BCUT2D eigenvalue weighted by atomic mass is 16.1. The van der Waals surface area contributed by atoms with E-state index in [4.69, 9.17) is 4.98 Å². The van der Waals surface area contributed by atoms with Crippen LogP contribution in [0.15, 0.2) is 42.5 Å². The molecule has 0 spiro atoms. The molecule has 0 saturated carbocycles. The number of imidazole rings is 1. The Balaban J connectivity index is 1.52. The van der Waals surface area contributed by atoms with E-state index in [0.29, 0.717) is 5.56 Å². The van der Waals surface area contributed by atoms with Crippen LogP contribution in [-0.4, -0.2) is 33.4 Å². The van der Waals surface area contributed by atoms with Gasteiger partial charge in [0.2, 0.25) is 0 Å². The largest absolute Gasteiger partial charge is 0.330 e. The van der Waals surface area contributed by atoms with Gasteiger partial charge in [0.05, 0.1) is 17.6 Å². The molecule has 5 nitrogen and oxygen atoms in total. The van der Waals surface area contributed by atoms with Crippen LogP contribution in [0.25, 0.3) is 11.0 Å². The van der Waals surface area contributed by atoms with Gasteiger partial charge in [-0.05, 0) is 69.1 Å². The summed E-state index contributed by atoms with van der Waals surface area (Å²) in [6.45, 7) is 7.48. The average molecular weight is 377 g/mol. The Morgan fingerprint density at radius 2 is 1.96 bits per heavy atom. The molecule has 1 saturated heterocycles. The molecule has 0 bridgehead atoms. The second kappa shape index (κ2) is 7.76. The molecule has 1 aliphatic heterocycles. The van der Waals surface area contributed by atoms with Crippen molar-refractivity contribution in [1.29, 1.82) is 0 Å². The number of nitrogens with zero attached hydrogens (tertiary/aromatic N) is 3. The summed E-state index contributed by atoms with van der Waals surface area (Å²) in [5.41, 5.74) is 4.53. The van der Waals surface area contributed by atoms with Crippen LogP contribution in [0.5, 0.6) is 0 Å². The van der Waals surface area contributed by atoms with Gasteiger partial charge in [-0.3, -0.25) is 9.69 Å². The molecular weight excluding hydrogens is 348 g/mol. The highest BCUT2D eigenvalue weighted by Crippen LogP contribution is 2.23. The Kier molecular flexibility index (Phi) is 5.18. The number of carbonyl (C=O) groups is 1. The normalized spacial score (nSPS) is 15.8. The van der Waals surface area contributed by atoms with E-state index < -0.39 is 0 Å². The van der Waals surface area contributed by atoms with Crippen molar-refractivity contribution in [3.63, 3.8) is 0 Å². The van der Waals surface area contributed by atoms with Crippen LogP contribution < -0.4 is 5.32 Å². The van der Waals surface area contributed by atoms with Crippen LogP contribution in [0, 0.1) is 12.8 Å². The van der Waals surface area contributed by atoms with E-state index in [2.05, 4.69) is 28.8 Å². The molecular formula is C23H28N4O. The first-order chi connectivity index (χ1) is 13.5. The summed E-state index contributed by atoms with van der Waals surface area (Å²) in [4.78, 5) is 19.9. The zero-order valence-corrected chi connectivity index (χ0v) is 16.9. The maximum atomic E-state index is 12.5.